The maximum absolute atomic E-state index is 12.5. The Bertz CT molecular complexity index is 907. The molecule has 0 fully saturated rings. The van der Waals surface area contributed by atoms with Gasteiger partial charge in [-0.25, -0.2) is 0 Å². The zero-order valence-corrected chi connectivity index (χ0v) is 16.1. The van der Waals surface area contributed by atoms with Gasteiger partial charge in [-0.2, -0.15) is 0 Å². The van der Waals surface area contributed by atoms with E-state index in [0.29, 0.717) is 5.92 Å². The lowest BCUT2D eigenvalue weighted by atomic mass is 9.88. The monoisotopic (exact) mass is 376 g/mol. The molecule has 3 rings (SSSR count). The van der Waals surface area contributed by atoms with Crippen LogP contribution in [0.15, 0.2) is 78.5 Å². The fourth-order valence-corrected chi connectivity index (χ4v) is 3.37. The quantitative estimate of drug-likeness (QED) is 0.776. The van der Waals surface area contributed by atoms with Crippen molar-refractivity contribution < 1.29 is 14.7 Å². The number of pyridine rings is 1. The summed E-state index contributed by atoms with van der Waals surface area (Å²) in [5.74, 6) is -2.29. The van der Waals surface area contributed by atoms with Crippen LogP contribution in [0.4, 0.5) is 0 Å². The molecular formula is C23H24N2O3. The molecule has 2 aliphatic rings. The molecule has 1 amide bonds. The molecule has 2 unspecified atom stereocenters. The van der Waals surface area contributed by atoms with Gasteiger partial charge >= 0.3 is 5.97 Å². The number of carbonyl (C=O) groups excluding carboxylic acids is 1. The molecule has 1 N–H and O–H groups in total. The number of carboxylic acid groups (broad SMARTS) is 1. The minimum atomic E-state index is -1.12. The van der Waals surface area contributed by atoms with Crippen LogP contribution in [0.3, 0.4) is 0 Å². The highest BCUT2D eigenvalue weighted by Crippen LogP contribution is 2.30. The fraction of sp³-hybridized carbons (Fsp3) is 0.261. The predicted octanol–water partition coefficient (Wildman–Crippen LogP) is 4.34. The van der Waals surface area contributed by atoms with Crippen LogP contribution in [0.25, 0.3) is 5.57 Å². The van der Waals surface area contributed by atoms with E-state index in [4.69, 9.17) is 5.11 Å². The van der Waals surface area contributed by atoms with Crippen LogP contribution in [0, 0.1) is 11.8 Å². The lowest BCUT2D eigenvalue weighted by molar-refractivity contribution is -0.148. The summed E-state index contributed by atoms with van der Waals surface area (Å²) in [4.78, 5) is 29.3. The molecule has 1 aromatic heterocycles. The number of rotatable bonds is 5. The number of allylic oxidation sites excluding steroid dienone is 8. The third-order valence-electron chi connectivity index (χ3n) is 5.05. The molecule has 0 spiro atoms. The Balaban J connectivity index is 1.72. The first kappa shape index (κ1) is 19.5. The van der Waals surface area contributed by atoms with E-state index in [1.807, 2.05) is 31.2 Å². The largest absolute Gasteiger partial charge is 0.481 e. The number of hydrogen-bond acceptors (Lipinski definition) is 3. The highest BCUT2D eigenvalue weighted by molar-refractivity contribution is 5.98. The van der Waals surface area contributed by atoms with Gasteiger partial charge in [0.25, 0.3) is 0 Å². The van der Waals surface area contributed by atoms with Gasteiger partial charge in [0, 0.05) is 24.3 Å². The van der Waals surface area contributed by atoms with Crippen molar-refractivity contribution in [2.75, 3.05) is 0 Å². The molecule has 5 nitrogen and oxygen atoms in total. The van der Waals surface area contributed by atoms with E-state index in [9.17, 15) is 9.59 Å². The molecule has 0 saturated heterocycles. The summed E-state index contributed by atoms with van der Waals surface area (Å²) in [5, 5.41) is 9.16. The number of hydrogen-bond donors (Lipinski definition) is 1. The minimum Gasteiger partial charge on any atom is -0.481 e. The minimum absolute atomic E-state index is 0.339. The average molecular weight is 376 g/mol. The van der Waals surface area contributed by atoms with E-state index >= 15 is 0 Å². The highest BCUT2D eigenvalue weighted by atomic mass is 16.4. The van der Waals surface area contributed by atoms with Gasteiger partial charge in [0.15, 0.2) is 0 Å². The molecule has 1 aliphatic heterocycles. The van der Waals surface area contributed by atoms with E-state index in [1.165, 1.54) is 17.4 Å². The summed E-state index contributed by atoms with van der Waals surface area (Å²) in [5.41, 5.74) is 4.16. The molecule has 2 heterocycles. The first-order valence-corrected chi connectivity index (χ1v) is 9.36. The lowest BCUT2D eigenvalue weighted by Crippen LogP contribution is -2.35. The Labute approximate surface area is 165 Å². The first-order chi connectivity index (χ1) is 13.5. The number of carboxylic acids is 1. The smallest absolute Gasteiger partial charge is 0.315 e. The van der Waals surface area contributed by atoms with Crippen LogP contribution in [-0.2, 0) is 9.59 Å². The number of aliphatic carboxylic acids is 1. The Morgan fingerprint density at radius 2 is 2.00 bits per heavy atom. The zero-order chi connectivity index (χ0) is 20.1. The molecule has 28 heavy (non-hydrogen) atoms. The van der Waals surface area contributed by atoms with E-state index in [-0.39, 0.29) is 0 Å². The molecule has 0 radical (unpaired) electrons. The molecule has 2 atom stereocenters. The summed E-state index contributed by atoms with van der Waals surface area (Å²) in [6.07, 6.45) is 19.0. The van der Waals surface area contributed by atoms with Crippen molar-refractivity contribution in [1.29, 1.82) is 0 Å². The topological polar surface area (TPSA) is 70.5 Å². The van der Waals surface area contributed by atoms with Crippen molar-refractivity contribution >= 4 is 17.4 Å². The molecule has 0 saturated carbocycles. The standard InChI is InChI=1S/C23H24N2O3/c1-16(21-5-3-4-14-25(21)22(26)17(2)23(27)28)15-18-6-8-19(9-7-18)20-10-12-24-13-11-20/h3-6,8-14,17-18H,7,15H2,1-2H3,(H,27,28)/b21-16+. The second kappa shape index (κ2) is 8.65. The van der Waals surface area contributed by atoms with Crippen molar-refractivity contribution in [3.05, 3.63) is 84.0 Å². The first-order valence-electron chi connectivity index (χ1n) is 9.36. The SMILES string of the molecule is C/C(CC1C=CC(c2ccncc2)=CC1)=C1/C=CC=CN1C(=O)C(C)C(=O)O. The molecule has 144 valence electrons. The van der Waals surface area contributed by atoms with Crippen LogP contribution >= 0.6 is 0 Å². The highest BCUT2D eigenvalue weighted by Gasteiger charge is 2.28. The average Bonchev–Trinajstić information content (AvgIpc) is 2.73. The fourth-order valence-electron chi connectivity index (χ4n) is 3.37. The number of aromatic nitrogens is 1. The zero-order valence-electron chi connectivity index (χ0n) is 16.1. The maximum atomic E-state index is 12.5. The molecule has 0 aromatic carbocycles. The molecule has 1 aliphatic carbocycles. The summed E-state index contributed by atoms with van der Waals surface area (Å²) in [6, 6.07) is 3.99. The molecule has 0 bridgehead atoms. The molecule has 1 aromatic rings. The van der Waals surface area contributed by atoms with Crippen LogP contribution in [-0.4, -0.2) is 26.9 Å². The third-order valence-corrected chi connectivity index (χ3v) is 5.05. The Hall–Kier alpha value is -3.21. The van der Waals surface area contributed by atoms with Crippen LogP contribution in [0.5, 0.6) is 0 Å². The van der Waals surface area contributed by atoms with E-state index in [1.54, 1.807) is 24.7 Å². The van der Waals surface area contributed by atoms with Crippen molar-refractivity contribution in [2.24, 2.45) is 11.8 Å². The van der Waals surface area contributed by atoms with Gasteiger partial charge < -0.3 is 5.11 Å². The summed E-state index contributed by atoms with van der Waals surface area (Å²) in [7, 11) is 0. The van der Waals surface area contributed by atoms with Crippen LogP contribution < -0.4 is 0 Å². The van der Waals surface area contributed by atoms with Crippen LogP contribution in [0.2, 0.25) is 0 Å². The molecule has 5 heteroatoms. The lowest BCUT2D eigenvalue weighted by Gasteiger charge is -2.27. The van der Waals surface area contributed by atoms with Gasteiger partial charge in [-0.1, -0.05) is 24.3 Å². The summed E-state index contributed by atoms with van der Waals surface area (Å²) < 4.78 is 0. The normalized spacial score (nSPS) is 21.3. The van der Waals surface area contributed by atoms with Gasteiger partial charge in [0.1, 0.15) is 5.92 Å². The number of nitrogens with zero attached hydrogens (tertiary/aromatic N) is 2. The van der Waals surface area contributed by atoms with Crippen molar-refractivity contribution in [3.8, 4) is 0 Å². The summed E-state index contributed by atoms with van der Waals surface area (Å²) in [6.45, 7) is 3.42. The second-order valence-electron chi connectivity index (χ2n) is 7.09. The van der Waals surface area contributed by atoms with Gasteiger partial charge in [-0.05, 0) is 73.6 Å². The third kappa shape index (κ3) is 4.36. The van der Waals surface area contributed by atoms with Crippen molar-refractivity contribution in [3.63, 3.8) is 0 Å². The Morgan fingerprint density at radius 3 is 2.64 bits per heavy atom. The molecular weight excluding hydrogens is 352 g/mol. The van der Waals surface area contributed by atoms with Gasteiger partial charge in [-0.15, -0.1) is 0 Å². The predicted molar refractivity (Wildman–Crippen MR) is 109 cm³/mol. The van der Waals surface area contributed by atoms with E-state index < -0.39 is 17.8 Å². The van der Waals surface area contributed by atoms with Crippen LogP contribution in [0.1, 0.15) is 32.3 Å². The van der Waals surface area contributed by atoms with Gasteiger partial charge in [0.05, 0.1) is 0 Å². The Morgan fingerprint density at radius 1 is 1.25 bits per heavy atom. The second-order valence-corrected chi connectivity index (χ2v) is 7.09. The van der Waals surface area contributed by atoms with E-state index in [0.717, 1.165) is 29.7 Å². The Kier molecular flexibility index (Phi) is 6.04. The van der Waals surface area contributed by atoms with E-state index in [2.05, 4.69) is 23.2 Å². The summed E-state index contributed by atoms with van der Waals surface area (Å²) >= 11 is 0. The van der Waals surface area contributed by atoms with Gasteiger partial charge in [-0.3, -0.25) is 19.5 Å². The number of amides is 1. The van der Waals surface area contributed by atoms with Crippen molar-refractivity contribution in [2.45, 2.75) is 26.7 Å². The van der Waals surface area contributed by atoms with Gasteiger partial charge in [0.2, 0.25) is 5.91 Å². The van der Waals surface area contributed by atoms with Crippen molar-refractivity contribution in [1.82, 2.24) is 9.88 Å². The maximum Gasteiger partial charge on any atom is 0.315 e. The number of carbonyl (C=O) groups is 2.